The lowest BCUT2D eigenvalue weighted by Crippen LogP contribution is -2.40. The zero-order valence-electron chi connectivity index (χ0n) is 10.0. The van der Waals surface area contributed by atoms with Crippen LogP contribution in [0.1, 0.15) is 40.0 Å². The Kier molecular flexibility index (Phi) is 6.24. The summed E-state index contributed by atoms with van der Waals surface area (Å²) in [7, 11) is 0. The molecule has 0 aliphatic carbocycles. The molecule has 1 atom stereocenters. The first-order chi connectivity index (χ1) is 7.55. The minimum absolute atomic E-state index is 0.188. The monoisotopic (exact) mass is 226 g/mol. The standard InChI is InChI=1S/C12H18O4/c1-4-7-8-9-12(5-2,10(13)14)11(15)16-6-3/h5-6,8-9H2,1-3H3,(H,13,14). The number of esters is 1. The molecule has 0 aromatic rings. The minimum atomic E-state index is -1.44. The van der Waals surface area contributed by atoms with E-state index in [0.717, 1.165) is 0 Å². The Balaban J connectivity index is 4.89. The van der Waals surface area contributed by atoms with E-state index in [-0.39, 0.29) is 19.4 Å². The average Bonchev–Trinajstić information content (AvgIpc) is 2.24. The largest absolute Gasteiger partial charge is 0.480 e. The first kappa shape index (κ1) is 14.5. The van der Waals surface area contributed by atoms with Crippen molar-refractivity contribution in [2.75, 3.05) is 6.61 Å². The molecule has 0 aromatic heterocycles. The van der Waals surface area contributed by atoms with Gasteiger partial charge in [0.1, 0.15) is 0 Å². The summed E-state index contributed by atoms with van der Waals surface area (Å²) in [5.74, 6) is 3.65. The number of carbonyl (C=O) groups is 2. The molecule has 0 saturated carbocycles. The molecule has 4 heteroatoms. The summed E-state index contributed by atoms with van der Waals surface area (Å²) < 4.78 is 4.82. The highest BCUT2D eigenvalue weighted by atomic mass is 16.5. The van der Waals surface area contributed by atoms with Crippen molar-refractivity contribution in [3.8, 4) is 11.8 Å². The van der Waals surface area contributed by atoms with Crippen LogP contribution >= 0.6 is 0 Å². The Hall–Kier alpha value is -1.50. The SMILES string of the molecule is CC#CCCC(CC)(C(=O)O)C(=O)OCC. The summed E-state index contributed by atoms with van der Waals surface area (Å²) in [4.78, 5) is 22.9. The Bertz CT molecular complexity index is 311. The number of carboxylic acid groups (broad SMARTS) is 1. The highest BCUT2D eigenvalue weighted by Crippen LogP contribution is 2.30. The second-order valence-corrected chi connectivity index (χ2v) is 3.39. The fraction of sp³-hybridized carbons (Fsp3) is 0.667. The van der Waals surface area contributed by atoms with Crippen LogP contribution < -0.4 is 0 Å². The van der Waals surface area contributed by atoms with E-state index in [1.807, 2.05) is 0 Å². The first-order valence-electron chi connectivity index (χ1n) is 5.35. The highest BCUT2D eigenvalue weighted by Gasteiger charge is 2.45. The predicted molar refractivity (Wildman–Crippen MR) is 59.7 cm³/mol. The van der Waals surface area contributed by atoms with E-state index in [1.54, 1.807) is 20.8 Å². The van der Waals surface area contributed by atoms with E-state index in [1.165, 1.54) is 0 Å². The molecule has 0 rings (SSSR count). The summed E-state index contributed by atoms with van der Waals surface area (Å²) in [6, 6.07) is 0. The second kappa shape index (κ2) is 6.89. The number of carboxylic acids is 1. The molecule has 1 unspecified atom stereocenters. The van der Waals surface area contributed by atoms with Crippen LogP contribution in [0.25, 0.3) is 0 Å². The van der Waals surface area contributed by atoms with E-state index in [9.17, 15) is 14.7 Å². The molecule has 0 fully saturated rings. The molecular weight excluding hydrogens is 208 g/mol. The lowest BCUT2D eigenvalue weighted by molar-refractivity contribution is -0.169. The van der Waals surface area contributed by atoms with Gasteiger partial charge in [0.2, 0.25) is 0 Å². The third-order valence-electron chi connectivity index (χ3n) is 2.53. The number of carbonyl (C=O) groups excluding carboxylic acids is 1. The summed E-state index contributed by atoms with van der Waals surface area (Å²) in [5.41, 5.74) is -1.44. The Morgan fingerprint density at radius 1 is 1.38 bits per heavy atom. The third-order valence-corrected chi connectivity index (χ3v) is 2.53. The van der Waals surface area contributed by atoms with Crippen molar-refractivity contribution in [3.05, 3.63) is 0 Å². The molecule has 90 valence electrons. The van der Waals surface area contributed by atoms with E-state index in [4.69, 9.17) is 4.74 Å². The van der Waals surface area contributed by atoms with E-state index < -0.39 is 17.4 Å². The number of hydrogen-bond donors (Lipinski definition) is 1. The maximum Gasteiger partial charge on any atom is 0.323 e. The Morgan fingerprint density at radius 3 is 2.38 bits per heavy atom. The van der Waals surface area contributed by atoms with E-state index in [0.29, 0.717) is 6.42 Å². The summed E-state index contributed by atoms with van der Waals surface area (Å²) >= 11 is 0. The van der Waals surface area contributed by atoms with Crippen LogP contribution in [0.15, 0.2) is 0 Å². The maximum atomic E-state index is 11.7. The smallest absolute Gasteiger partial charge is 0.323 e. The lowest BCUT2D eigenvalue weighted by Gasteiger charge is -2.24. The van der Waals surface area contributed by atoms with Crippen molar-refractivity contribution in [1.29, 1.82) is 0 Å². The molecule has 16 heavy (non-hydrogen) atoms. The fourth-order valence-electron chi connectivity index (χ4n) is 1.44. The highest BCUT2D eigenvalue weighted by molar-refractivity contribution is 5.99. The van der Waals surface area contributed by atoms with Gasteiger partial charge in [0.05, 0.1) is 6.61 Å². The number of hydrogen-bond acceptors (Lipinski definition) is 3. The zero-order valence-corrected chi connectivity index (χ0v) is 10.0. The summed E-state index contributed by atoms with van der Waals surface area (Å²) in [6.07, 6.45) is 0.792. The minimum Gasteiger partial charge on any atom is -0.480 e. The van der Waals surface area contributed by atoms with Crippen LogP contribution in [-0.4, -0.2) is 23.7 Å². The zero-order chi connectivity index (χ0) is 12.6. The van der Waals surface area contributed by atoms with Crippen LogP contribution in [-0.2, 0) is 14.3 Å². The van der Waals surface area contributed by atoms with Crippen molar-refractivity contribution >= 4 is 11.9 Å². The van der Waals surface area contributed by atoms with Gasteiger partial charge in [0.25, 0.3) is 0 Å². The van der Waals surface area contributed by atoms with Gasteiger partial charge in [-0.05, 0) is 26.7 Å². The van der Waals surface area contributed by atoms with Gasteiger partial charge in [0.15, 0.2) is 5.41 Å². The van der Waals surface area contributed by atoms with Gasteiger partial charge in [0, 0.05) is 6.42 Å². The van der Waals surface area contributed by atoms with Gasteiger partial charge in [-0.2, -0.15) is 0 Å². The lowest BCUT2D eigenvalue weighted by atomic mass is 9.80. The number of rotatable bonds is 6. The molecule has 1 N–H and O–H groups in total. The van der Waals surface area contributed by atoms with Crippen LogP contribution in [0.5, 0.6) is 0 Å². The first-order valence-corrected chi connectivity index (χ1v) is 5.35. The van der Waals surface area contributed by atoms with Crippen LogP contribution in [0, 0.1) is 17.3 Å². The molecule has 0 aliphatic heterocycles. The van der Waals surface area contributed by atoms with E-state index in [2.05, 4.69) is 11.8 Å². The Morgan fingerprint density at radius 2 is 2.00 bits per heavy atom. The predicted octanol–water partition coefficient (Wildman–Crippen LogP) is 1.83. The third kappa shape index (κ3) is 3.27. The van der Waals surface area contributed by atoms with Gasteiger partial charge >= 0.3 is 11.9 Å². The molecule has 0 saturated heterocycles. The number of aliphatic carboxylic acids is 1. The van der Waals surface area contributed by atoms with Crippen molar-refractivity contribution in [2.45, 2.75) is 40.0 Å². The fourth-order valence-corrected chi connectivity index (χ4v) is 1.44. The second-order valence-electron chi connectivity index (χ2n) is 3.39. The van der Waals surface area contributed by atoms with Crippen LogP contribution in [0.4, 0.5) is 0 Å². The molecule has 4 nitrogen and oxygen atoms in total. The normalized spacial score (nSPS) is 13.2. The van der Waals surface area contributed by atoms with Gasteiger partial charge in [-0.15, -0.1) is 11.8 Å². The van der Waals surface area contributed by atoms with Gasteiger partial charge < -0.3 is 9.84 Å². The van der Waals surface area contributed by atoms with Gasteiger partial charge in [-0.3, -0.25) is 9.59 Å². The summed E-state index contributed by atoms with van der Waals surface area (Å²) in [5, 5.41) is 9.17. The topological polar surface area (TPSA) is 63.6 Å². The van der Waals surface area contributed by atoms with Crippen molar-refractivity contribution < 1.29 is 19.4 Å². The van der Waals surface area contributed by atoms with Crippen molar-refractivity contribution in [1.82, 2.24) is 0 Å². The van der Waals surface area contributed by atoms with Gasteiger partial charge in [-0.1, -0.05) is 6.92 Å². The molecule has 0 amide bonds. The molecular formula is C12H18O4. The van der Waals surface area contributed by atoms with Crippen LogP contribution in [0.3, 0.4) is 0 Å². The molecule has 0 aromatic carbocycles. The van der Waals surface area contributed by atoms with Crippen molar-refractivity contribution in [3.63, 3.8) is 0 Å². The van der Waals surface area contributed by atoms with Crippen LogP contribution in [0.2, 0.25) is 0 Å². The molecule has 0 aliphatic rings. The number of ether oxygens (including phenoxy) is 1. The Labute approximate surface area is 96.0 Å². The van der Waals surface area contributed by atoms with Gasteiger partial charge in [-0.25, -0.2) is 0 Å². The van der Waals surface area contributed by atoms with E-state index >= 15 is 0 Å². The average molecular weight is 226 g/mol. The molecule has 0 spiro atoms. The molecule has 0 heterocycles. The van der Waals surface area contributed by atoms with Crippen molar-refractivity contribution in [2.24, 2.45) is 5.41 Å². The maximum absolute atomic E-state index is 11.7. The molecule has 0 bridgehead atoms. The molecule has 0 radical (unpaired) electrons. The summed E-state index contributed by atoms with van der Waals surface area (Å²) in [6.45, 7) is 5.20. The quantitative estimate of drug-likeness (QED) is 0.426.